The van der Waals surface area contributed by atoms with Crippen molar-refractivity contribution in [3.05, 3.63) is 47.5 Å². The molecule has 2 N–H and O–H groups in total. The number of hydrogen-bond acceptors (Lipinski definition) is 2. The number of halogens is 2. The number of benzene rings is 2. The quantitative estimate of drug-likeness (QED) is 0.800. The molecule has 1 saturated heterocycles. The van der Waals surface area contributed by atoms with Crippen molar-refractivity contribution in [3.8, 4) is 0 Å². The van der Waals surface area contributed by atoms with Gasteiger partial charge in [-0.1, -0.05) is 12.1 Å². The number of carbonyl (C=O) groups excluding carboxylic acids is 2. The van der Waals surface area contributed by atoms with Crippen LogP contribution in [0.3, 0.4) is 0 Å². The van der Waals surface area contributed by atoms with Gasteiger partial charge in [0.1, 0.15) is 11.6 Å². The molecule has 160 valence electrons. The molecule has 0 radical (unpaired) electrons. The molecule has 1 saturated carbocycles. The zero-order valence-electron chi connectivity index (χ0n) is 17.0. The number of likely N-dealkylation sites (tertiary alicyclic amines) is 1. The highest BCUT2D eigenvalue weighted by molar-refractivity contribution is 5.84. The smallest absolute Gasteiger partial charge is 0.318 e. The van der Waals surface area contributed by atoms with Crippen LogP contribution >= 0.6 is 0 Å². The molecule has 1 unspecified atom stereocenters. The molecule has 0 bridgehead atoms. The molecule has 1 heterocycles. The summed E-state index contributed by atoms with van der Waals surface area (Å²) >= 11 is 0. The first-order valence-corrected chi connectivity index (χ1v) is 10.4. The number of fused-ring (bicyclic) bond motifs is 1. The van der Waals surface area contributed by atoms with Gasteiger partial charge in [0, 0.05) is 44.2 Å². The summed E-state index contributed by atoms with van der Waals surface area (Å²) in [6.07, 6.45) is 3.66. The van der Waals surface area contributed by atoms with Gasteiger partial charge >= 0.3 is 12.1 Å². The van der Waals surface area contributed by atoms with E-state index in [1.807, 2.05) is 4.90 Å². The Labute approximate surface area is 174 Å². The fourth-order valence-corrected chi connectivity index (χ4v) is 4.21. The van der Waals surface area contributed by atoms with Gasteiger partial charge in [-0.3, -0.25) is 0 Å². The Balaban J connectivity index is 1.44. The number of amides is 4. The lowest BCUT2D eigenvalue weighted by molar-refractivity contribution is 0.116. The van der Waals surface area contributed by atoms with Gasteiger partial charge in [0.25, 0.3) is 0 Å². The Kier molecular flexibility index (Phi) is 5.74. The van der Waals surface area contributed by atoms with Gasteiger partial charge in [0.15, 0.2) is 0 Å². The molecule has 1 aliphatic heterocycles. The maximum atomic E-state index is 14.1. The van der Waals surface area contributed by atoms with Crippen LogP contribution in [0.2, 0.25) is 0 Å². The van der Waals surface area contributed by atoms with Gasteiger partial charge in [-0.05, 0) is 48.8 Å². The summed E-state index contributed by atoms with van der Waals surface area (Å²) in [4.78, 5) is 28.6. The number of hydrogen-bond donors (Lipinski definition) is 2. The van der Waals surface area contributed by atoms with Crippen molar-refractivity contribution >= 4 is 22.8 Å². The van der Waals surface area contributed by atoms with Gasteiger partial charge in [-0.2, -0.15) is 0 Å². The van der Waals surface area contributed by atoms with Crippen LogP contribution in [0.1, 0.15) is 31.2 Å². The van der Waals surface area contributed by atoms with Crippen LogP contribution in [0.4, 0.5) is 18.4 Å². The predicted molar refractivity (Wildman–Crippen MR) is 110 cm³/mol. The highest BCUT2D eigenvalue weighted by atomic mass is 19.1. The molecule has 1 aliphatic carbocycles. The molecule has 8 heteroatoms. The predicted octanol–water partition coefficient (Wildman–Crippen LogP) is 3.60. The SMILES string of the molecule is CNC(=O)N1CCCC(N(C(=O)NCc2ccc3cc(F)cc(F)c3c2)C2CC2)C1. The molecule has 0 aromatic heterocycles. The average molecular weight is 416 g/mol. The van der Waals surface area contributed by atoms with Crippen molar-refractivity contribution in [1.82, 2.24) is 20.4 Å². The van der Waals surface area contributed by atoms with E-state index in [9.17, 15) is 18.4 Å². The van der Waals surface area contributed by atoms with Crippen LogP contribution in [0.5, 0.6) is 0 Å². The summed E-state index contributed by atoms with van der Waals surface area (Å²) in [6.45, 7) is 1.47. The molecule has 1 atom stereocenters. The number of urea groups is 2. The highest BCUT2D eigenvalue weighted by Gasteiger charge is 2.39. The van der Waals surface area contributed by atoms with Gasteiger partial charge in [-0.15, -0.1) is 0 Å². The van der Waals surface area contributed by atoms with E-state index in [0.717, 1.165) is 37.3 Å². The van der Waals surface area contributed by atoms with E-state index in [1.54, 1.807) is 30.1 Å². The third kappa shape index (κ3) is 4.32. The topological polar surface area (TPSA) is 64.7 Å². The summed E-state index contributed by atoms with van der Waals surface area (Å²) in [5.41, 5.74) is 0.743. The Bertz CT molecular complexity index is 964. The molecule has 2 aromatic carbocycles. The van der Waals surface area contributed by atoms with Crippen molar-refractivity contribution in [2.45, 2.75) is 44.3 Å². The Morgan fingerprint density at radius 3 is 2.67 bits per heavy atom. The number of nitrogens with one attached hydrogen (secondary N) is 2. The van der Waals surface area contributed by atoms with Crippen molar-refractivity contribution in [3.63, 3.8) is 0 Å². The molecule has 4 amide bonds. The van der Waals surface area contributed by atoms with E-state index in [2.05, 4.69) is 10.6 Å². The number of piperidine rings is 1. The minimum Gasteiger partial charge on any atom is -0.341 e. The maximum absolute atomic E-state index is 14.1. The number of rotatable bonds is 4. The summed E-state index contributed by atoms with van der Waals surface area (Å²) < 4.78 is 27.4. The zero-order chi connectivity index (χ0) is 21.3. The minimum absolute atomic E-state index is 0.0134. The summed E-state index contributed by atoms with van der Waals surface area (Å²) in [5.74, 6) is -1.23. The van der Waals surface area contributed by atoms with E-state index in [4.69, 9.17) is 0 Å². The zero-order valence-corrected chi connectivity index (χ0v) is 17.0. The van der Waals surface area contributed by atoms with E-state index >= 15 is 0 Å². The third-order valence-corrected chi connectivity index (χ3v) is 5.84. The molecule has 0 spiro atoms. The number of carbonyl (C=O) groups is 2. The minimum atomic E-state index is -0.616. The number of nitrogens with zero attached hydrogens (tertiary/aromatic N) is 2. The first-order valence-electron chi connectivity index (χ1n) is 10.4. The lowest BCUT2D eigenvalue weighted by atomic mass is 10.0. The molecule has 6 nitrogen and oxygen atoms in total. The fourth-order valence-electron chi connectivity index (χ4n) is 4.21. The molecular weight excluding hydrogens is 390 g/mol. The van der Waals surface area contributed by atoms with E-state index in [1.165, 1.54) is 6.07 Å². The normalized spacial score (nSPS) is 18.9. The van der Waals surface area contributed by atoms with Gasteiger partial charge in [0.2, 0.25) is 0 Å². The summed E-state index contributed by atoms with van der Waals surface area (Å²) in [6, 6.07) is 7.11. The van der Waals surface area contributed by atoms with Crippen molar-refractivity contribution < 1.29 is 18.4 Å². The van der Waals surface area contributed by atoms with E-state index < -0.39 is 11.6 Å². The second kappa shape index (κ2) is 8.45. The molecular formula is C22H26F2N4O2. The first-order chi connectivity index (χ1) is 14.5. The molecule has 2 fully saturated rings. The summed E-state index contributed by atoms with van der Waals surface area (Å²) in [7, 11) is 1.61. The van der Waals surface area contributed by atoms with Crippen molar-refractivity contribution in [1.29, 1.82) is 0 Å². The van der Waals surface area contributed by atoms with Crippen LogP contribution in [0, 0.1) is 11.6 Å². The van der Waals surface area contributed by atoms with Crippen LogP contribution in [0.25, 0.3) is 10.8 Å². The first kappa shape index (κ1) is 20.4. The average Bonchev–Trinajstić information content (AvgIpc) is 3.57. The highest BCUT2D eigenvalue weighted by Crippen LogP contribution is 2.31. The van der Waals surface area contributed by atoms with E-state index in [-0.39, 0.29) is 30.7 Å². The Hall–Kier alpha value is -2.90. The monoisotopic (exact) mass is 416 g/mol. The standard InChI is InChI=1S/C22H26F2N4O2/c1-25-21(29)27-8-2-3-18(13-27)28(17-6-7-17)22(30)26-12-14-4-5-15-10-16(23)11-20(24)19(15)9-14/h4-5,9-11,17-18H,2-3,6-8,12-13H2,1H3,(H,25,29)(H,26,30). The maximum Gasteiger partial charge on any atom is 0.318 e. The molecule has 4 rings (SSSR count). The van der Waals surface area contributed by atoms with Gasteiger partial charge < -0.3 is 20.4 Å². The largest absolute Gasteiger partial charge is 0.341 e. The van der Waals surface area contributed by atoms with Crippen LogP contribution < -0.4 is 10.6 Å². The second-order valence-corrected chi connectivity index (χ2v) is 8.04. The van der Waals surface area contributed by atoms with Crippen LogP contribution in [0.15, 0.2) is 30.3 Å². The lowest BCUT2D eigenvalue weighted by Crippen LogP contribution is -2.56. The van der Waals surface area contributed by atoms with Crippen molar-refractivity contribution in [2.75, 3.05) is 20.1 Å². The third-order valence-electron chi connectivity index (χ3n) is 5.84. The van der Waals surface area contributed by atoms with Crippen molar-refractivity contribution in [2.24, 2.45) is 0 Å². The second-order valence-electron chi connectivity index (χ2n) is 8.04. The molecule has 30 heavy (non-hydrogen) atoms. The Morgan fingerprint density at radius 2 is 1.93 bits per heavy atom. The molecule has 2 aliphatic rings. The lowest BCUT2D eigenvalue weighted by Gasteiger charge is -2.39. The van der Waals surface area contributed by atoms with Gasteiger partial charge in [0.05, 0.1) is 6.04 Å². The van der Waals surface area contributed by atoms with Gasteiger partial charge in [-0.25, -0.2) is 18.4 Å². The van der Waals surface area contributed by atoms with Crippen LogP contribution in [-0.4, -0.2) is 54.1 Å². The Morgan fingerprint density at radius 1 is 1.13 bits per heavy atom. The van der Waals surface area contributed by atoms with E-state index in [0.29, 0.717) is 23.9 Å². The fraction of sp³-hybridized carbons (Fsp3) is 0.455. The molecule has 2 aromatic rings. The summed E-state index contributed by atoms with van der Waals surface area (Å²) in [5, 5.41) is 6.41. The van der Waals surface area contributed by atoms with Crippen LogP contribution in [-0.2, 0) is 6.54 Å².